The molecule has 0 spiro atoms. The molecule has 1 aliphatic rings. The van der Waals surface area contributed by atoms with Gasteiger partial charge in [-0.3, -0.25) is 0 Å². The van der Waals surface area contributed by atoms with E-state index in [9.17, 15) is 5.11 Å². The highest BCUT2D eigenvalue weighted by Gasteiger charge is 2.44. The minimum atomic E-state index is -0.567. The molecule has 1 atom stereocenters. The van der Waals surface area contributed by atoms with Crippen LogP contribution in [0.2, 0.25) is 0 Å². The smallest absolute Gasteiger partial charge is 0.0846 e. The zero-order valence-electron chi connectivity index (χ0n) is 9.85. The van der Waals surface area contributed by atoms with Gasteiger partial charge in [-0.05, 0) is 13.0 Å². The fourth-order valence-electron chi connectivity index (χ4n) is 1.90. The molecule has 3 N–H and O–H groups in total. The largest absolute Gasteiger partial charge is 0.388 e. The molecule has 0 bridgehead atoms. The average Bonchev–Trinajstić information content (AvgIpc) is 2.07. The normalized spacial score (nSPS) is 32.1. The van der Waals surface area contributed by atoms with Gasteiger partial charge in [0.05, 0.1) is 5.60 Å². The van der Waals surface area contributed by atoms with Crippen molar-refractivity contribution >= 4 is 0 Å². The Bertz CT molecular complexity index is 192. The van der Waals surface area contributed by atoms with E-state index in [-0.39, 0.29) is 5.41 Å². The molecule has 1 heterocycles. The number of aliphatic hydroxyl groups is 1. The Kier molecular flexibility index (Phi) is 3.56. The molecule has 0 aromatic rings. The van der Waals surface area contributed by atoms with Gasteiger partial charge in [-0.2, -0.15) is 0 Å². The second kappa shape index (κ2) is 4.17. The standard InChI is InChI=1S/C11H24N2O/c1-9(2)13-8-11(14)5-6-12-7-10(11,3)4/h9,12-14H,5-8H2,1-4H3. The van der Waals surface area contributed by atoms with Crippen LogP contribution < -0.4 is 10.6 Å². The summed E-state index contributed by atoms with van der Waals surface area (Å²) in [7, 11) is 0. The predicted molar refractivity (Wildman–Crippen MR) is 59.4 cm³/mol. The lowest BCUT2D eigenvalue weighted by Gasteiger charge is -2.47. The second-order valence-corrected chi connectivity index (χ2v) is 5.38. The molecule has 0 amide bonds. The van der Waals surface area contributed by atoms with Crippen LogP contribution in [0.25, 0.3) is 0 Å². The summed E-state index contributed by atoms with van der Waals surface area (Å²) in [6.07, 6.45) is 0.833. The number of piperidine rings is 1. The van der Waals surface area contributed by atoms with Crippen LogP contribution in [0.1, 0.15) is 34.1 Å². The maximum atomic E-state index is 10.5. The van der Waals surface area contributed by atoms with Gasteiger partial charge < -0.3 is 15.7 Å². The number of nitrogens with one attached hydrogen (secondary N) is 2. The van der Waals surface area contributed by atoms with Crippen LogP contribution in [0.15, 0.2) is 0 Å². The molecule has 0 aromatic heterocycles. The third kappa shape index (κ3) is 2.47. The molecule has 1 unspecified atom stereocenters. The fraction of sp³-hybridized carbons (Fsp3) is 1.00. The Morgan fingerprint density at radius 1 is 1.43 bits per heavy atom. The van der Waals surface area contributed by atoms with Crippen LogP contribution in [-0.4, -0.2) is 36.4 Å². The summed E-state index contributed by atoms with van der Waals surface area (Å²) in [5.41, 5.74) is -0.615. The molecule has 0 aliphatic carbocycles. The van der Waals surface area contributed by atoms with Gasteiger partial charge in [0.25, 0.3) is 0 Å². The molecule has 1 saturated heterocycles. The Balaban J connectivity index is 2.59. The Labute approximate surface area is 87.3 Å². The van der Waals surface area contributed by atoms with Crippen LogP contribution >= 0.6 is 0 Å². The van der Waals surface area contributed by atoms with Crippen molar-refractivity contribution in [1.82, 2.24) is 10.6 Å². The molecule has 3 heteroatoms. The number of hydrogen-bond acceptors (Lipinski definition) is 3. The number of hydrogen-bond donors (Lipinski definition) is 3. The Morgan fingerprint density at radius 3 is 2.57 bits per heavy atom. The minimum Gasteiger partial charge on any atom is -0.388 e. The highest BCUT2D eigenvalue weighted by atomic mass is 16.3. The molecule has 1 rings (SSSR count). The molecule has 84 valence electrons. The SMILES string of the molecule is CC(C)NCC1(O)CCNCC1(C)C. The van der Waals surface area contributed by atoms with E-state index >= 15 is 0 Å². The summed E-state index contributed by atoms with van der Waals surface area (Å²) in [5, 5.41) is 17.2. The van der Waals surface area contributed by atoms with Crippen LogP contribution in [0.4, 0.5) is 0 Å². The first kappa shape index (κ1) is 12.0. The van der Waals surface area contributed by atoms with Crippen molar-refractivity contribution in [3.05, 3.63) is 0 Å². The maximum Gasteiger partial charge on any atom is 0.0846 e. The van der Waals surface area contributed by atoms with Crippen molar-refractivity contribution in [1.29, 1.82) is 0 Å². The quantitative estimate of drug-likeness (QED) is 0.629. The maximum absolute atomic E-state index is 10.5. The molecular weight excluding hydrogens is 176 g/mol. The molecule has 0 radical (unpaired) electrons. The van der Waals surface area contributed by atoms with E-state index in [0.717, 1.165) is 19.5 Å². The second-order valence-electron chi connectivity index (χ2n) is 5.38. The average molecular weight is 200 g/mol. The van der Waals surface area contributed by atoms with E-state index in [0.29, 0.717) is 12.6 Å². The van der Waals surface area contributed by atoms with Gasteiger partial charge >= 0.3 is 0 Å². The van der Waals surface area contributed by atoms with Crippen molar-refractivity contribution in [3.63, 3.8) is 0 Å². The lowest BCUT2D eigenvalue weighted by molar-refractivity contribution is -0.0862. The lowest BCUT2D eigenvalue weighted by Crippen LogP contribution is -2.60. The zero-order chi connectivity index (χ0) is 10.8. The van der Waals surface area contributed by atoms with Gasteiger partial charge in [0.15, 0.2) is 0 Å². The lowest BCUT2D eigenvalue weighted by atomic mass is 9.70. The van der Waals surface area contributed by atoms with E-state index in [2.05, 4.69) is 38.3 Å². The third-order valence-corrected chi connectivity index (χ3v) is 3.34. The minimum absolute atomic E-state index is 0.0485. The predicted octanol–water partition coefficient (Wildman–Crippen LogP) is 0.735. The molecule has 1 fully saturated rings. The molecule has 1 aliphatic heterocycles. The monoisotopic (exact) mass is 200 g/mol. The van der Waals surface area contributed by atoms with Gasteiger partial charge in [0, 0.05) is 24.5 Å². The third-order valence-electron chi connectivity index (χ3n) is 3.34. The first-order valence-electron chi connectivity index (χ1n) is 5.54. The Hall–Kier alpha value is -0.120. The van der Waals surface area contributed by atoms with Gasteiger partial charge in [-0.15, -0.1) is 0 Å². The highest BCUT2D eigenvalue weighted by molar-refractivity contribution is 4.99. The molecular formula is C11H24N2O. The molecule has 14 heavy (non-hydrogen) atoms. The van der Waals surface area contributed by atoms with Crippen molar-refractivity contribution in [2.45, 2.75) is 45.8 Å². The van der Waals surface area contributed by atoms with Crippen molar-refractivity contribution in [3.8, 4) is 0 Å². The first-order chi connectivity index (χ1) is 6.37. The van der Waals surface area contributed by atoms with Gasteiger partial charge in [0.2, 0.25) is 0 Å². The first-order valence-corrected chi connectivity index (χ1v) is 5.54. The van der Waals surface area contributed by atoms with E-state index < -0.39 is 5.60 Å². The fourth-order valence-corrected chi connectivity index (χ4v) is 1.90. The van der Waals surface area contributed by atoms with Gasteiger partial charge in [-0.1, -0.05) is 27.7 Å². The zero-order valence-corrected chi connectivity index (χ0v) is 9.85. The molecule has 0 saturated carbocycles. The van der Waals surface area contributed by atoms with E-state index in [1.165, 1.54) is 0 Å². The summed E-state index contributed by atoms with van der Waals surface area (Å²) >= 11 is 0. The molecule has 3 nitrogen and oxygen atoms in total. The summed E-state index contributed by atoms with van der Waals surface area (Å²) in [6.45, 7) is 11.0. The number of rotatable bonds is 3. The summed E-state index contributed by atoms with van der Waals surface area (Å²) in [5.74, 6) is 0. The van der Waals surface area contributed by atoms with Crippen LogP contribution in [-0.2, 0) is 0 Å². The van der Waals surface area contributed by atoms with E-state index in [1.807, 2.05) is 0 Å². The summed E-state index contributed by atoms with van der Waals surface area (Å²) in [4.78, 5) is 0. The molecule has 0 aromatic carbocycles. The van der Waals surface area contributed by atoms with Gasteiger partial charge in [0.1, 0.15) is 0 Å². The van der Waals surface area contributed by atoms with E-state index in [4.69, 9.17) is 0 Å². The topological polar surface area (TPSA) is 44.3 Å². The van der Waals surface area contributed by atoms with E-state index in [1.54, 1.807) is 0 Å². The van der Waals surface area contributed by atoms with Crippen molar-refractivity contribution in [2.24, 2.45) is 5.41 Å². The highest BCUT2D eigenvalue weighted by Crippen LogP contribution is 2.35. The summed E-state index contributed by atoms with van der Waals surface area (Å²) in [6, 6.07) is 0.435. The van der Waals surface area contributed by atoms with Crippen molar-refractivity contribution < 1.29 is 5.11 Å². The Morgan fingerprint density at radius 2 is 2.07 bits per heavy atom. The van der Waals surface area contributed by atoms with Crippen molar-refractivity contribution in [2.75, 3.05) is 19.6 Å². The van der Waals surface area contributed by atoms with Crippen LogP contribution in [0.5, 0.6) is 0 Å². The van der Waals surface area contributed by atoms with Gasteiger partial charge in [-0.25, -0.2) is 0 Å². The van der Waals surface area contributed by atoms with Crippen LogP contribution in [0.3, 0.4) is 0 Å². The summed E-state index contributed by atoms with van der Waals surface area (Å²) < 4.78 is 0. The van der Waals surface area contributed by atoms with Crippen LogP contribution in [0, 0.1) is 5.41 Å².